The highest BCUT2D eigenvalue weighted by Gasteiger charge is 2.32. The Morgan fingerprint density at radius 3 is 3.06 bits per heavy atom. The number of hydrogen-bond donors (Lipinski definition) is 0. The Hall–Kier alpha value is -0.870. The smallest absolute Gasteiger partial charge is 0.170 e. The van der Waals surface area contributed by atoms with E-state index < -0.39 is 0 Å². The summed E-state index contributed by atoms with van der Waals surface area (Å²) in [5.41, 5.74) is 0.259. The molecule has 1 unspecified atom stereocenters. The first-order valence-corrected chi connectivity index (χ1v) is 6.62. The lowest BCUT2D eigenvalue weighted by Crippen LogP contribution is -2.48. The first kappa shape index (κ1) is 13.6. The average molecular weight is 273 g/mol. The highest BCUT2D eigenvalue weighted by molar-refractivity contribution is 6.17. The summed E-state index contributed by atoms with van der Waals surface area (Å²) in [6.45, 7) is 3.50. The molecule has 0 bridgehead atoms. The predicted octanol–water partition coefficient (Wildman–Crippen LogP) is 2.96. The van der Waals surface area contributed by atoms with Crippen LogP contribution < -0.4 is 4.90 Å². The lowest BCUT2D eigenvalue weighted by atomic mass is 9.94. The van der Waals surface area contributed by atoms with Crippen LogP contribution in [-0.4, -0.2) is 30.8 Å². The van der Waals surface area contributed by atoms with Crippen LogP contribution in [-0.2, 0) is 10.6 Å². The predicted molar refractivity (Wildman–Crippen MR) is 70.6 cm³/mol. The molecule has 0 saturated carbocycles. The van der Waals surface area contributed by atoms with Crippen molar-refractivity contribution in [3.63, 3.8) is 0 Å². The fourth-order valence-corrected chi connectivity index (χ4v) is 2.55. The van der Waals surface area contributed by atoms with Crippen molar-refractivity contribution in [3.05, 3.63) is 23.6 Å². The minimum absolute atomic E-state index is 0.163. The third kappa shape index (κ3) is 2.59. The van der Waals surface area contributed by atoms with Gasteiger partial charge in [-0.2, -0.15) is 0 Å². The second-order valence-corrected chi connectivity index (χ2v) is 5.19. The van der Waals surface area contributed by atoms with Crippen molar-refractivity contribution in [2.24, 2.45) is 0 Å². The van der Waals surface area contributed by atoms with Gasteiger partial charge in [0.1, 0.15) is 0 Å². The van der Waals surface area contributed by atoms with E-state index in [9.17, 15) is 4.39 Å². The lowest BCUT2D eigenvalue weighted by Gasteiger charge is -2.40. The molecule has 5 heteroatoms. The maximum absolute atomic E-state index is 14.2. The van der Waals surface area contributed by atoms with Gasteiger partial charge >= 0.3 is 0 Å². The first-order chi connectivity index (χ1) is 8.59. The Morgan fingerprint density at radius 2 is 2.39 bits per heavy atom. The molecular weight excluding hydrogens is 255 g/mol. The molecule has 0 aromatic carbocycles. The SMILES string of the molecule is COC1(C)CCCN(c2nccc(CCl)c2F)C1. The summed E-state index contributed by atoms with van der Waals surface area (Å²) in [7, 11) is 1.70. The molecule has 0 aliphatic carbocycles. The van der Waals surface area contributed by atoms with Gasteiger partial charge in [0.2, 0.25) is 0 Å². The van der Waals surface area contributed by atoms with Gasteiger partial charge in [-0.15, -0.1) is 11.6 Å². The number of methoxy groups -OCH3 is 1. The number of aromatic nitrogens is 1. The zero-order valence-corrected chi connectivity index (χ0v) is 11.5. The quantitative estimate of drug-likeness (QED) is 0.791. The van der Waals surface area contributed by atoms with Gasteiger partial charge in [-0.05, 0) is 25.8 Å². The van der Waals surface area contributed by atoms with Crippen molar-refractivity contribution in [1.82, 2.24) is 4.98 Å². The van der Waals surface area contributed by atoms with E-state index in [-0.39, 0.29) is 17.3 Å². The minimum atomic E-state index is -0.312. The molecule has 1 atom stereocenters. The maximum Gasteiger partial charge on any atom is 0.170 e. The van der Waals surface area contributed by atoms with Crippen molar-refractivity contribution in [1.29, 1.82) is 0 Å². The van der Waals surface area contributed by atoms with Crippen LogP contribution in [0.15, 0.2) is 12.3 Å². The van der Waals surface area contributed by atoms with E-state index in [2.05, 4.69) is 4.98 Å². The number of piperidine rings is 1. The summed E-state index contributed by atoms with van der Waals surface area (Å²) in [5.74, 6) is 0.237. The summed E-state index contributed by atoms with van der Waals surface area (Å²) in [6.07, 6.45) is 3.56. The van der Waals surface area contributed by atoms with Gasteiger partial charge in [-0.3, -0.25) is 0 Å². The second kappa shape index (κ2) is 5.41. The van der Waals surface area contributed by atoms with E-state index in [1.807, 2.05) is 11.8 Å². The molecule has 0 N–H and O–H groups in total. The number of hydrogen-bond acceptors (Lipinski definition) is 3. The highest BCUT2D eigenvalue weighted by Crippen LogP contribution is 2.29. The number of nitrogens with zero attached hydrogens (tertiary/aromatic N) is 2. The molecule has 1 fully saturated rings. The molecule has 2 rings (SSSR count). The molecule has 1 saturated heterocycles. The summed E-state index contributed by atoms with van der Waals surface area (Å²) >= 11 is 5.72. The van der Waals surface area contributed by atoms with Gasteiger partial charge in [-0.25, -0.2) is 9.37 Å². The van der Waals surface area contributed by atoms with Crippen molar-refractivity contribution in [3.8, 4) is 0 Å². The molecule has 1 aliphatic rings. The molecule has 0 radical (unpaired) electrons. The number of halogens is 2. The van der Waals surface area contributed by atoms with Gasteiger partial charge < -0.3 is 9.64 Å². The molecule has 1 aliphatic heterocycles. The Labute approximate surface area is 112 Å². The fraction of sp³-hybridized carbons (Fsp3) is 0.615. The van der Waals surface area contributed by atoms with E-state index in [0.717, 1.165) is 19.4 Å². The fourth-order valence-electron chi connectivity index (χ4n) is 2.35. The minimum Gasteiger partial charge on any atom is -0.377 e. The van der Waals surface area contributed by atoms with Gasteiger partial charge in [0.15, 0.2) is 11.6 Å². The van der Waals surface area contributed by atoms with E-state index in [4.69, 9.17) is 16.3 Å². The number of alkyl halides is 1. The normalized spacial score (nSPS) is 24.3. The molecule has 2 heterocycles. The zero-order valence-electron chi connectivity index (χ0n) is 10.7. The summed E-state index contributed by atoms with van der Waals surface area (Å²) in [4.78, 5) is 6.09. The van der Waals surface area contributed by atoms with Crippen molar-refractivity contribution < 1.29 is 9.13 Å². The van der Waals surface area contributed by atoms with Crippen LogP contribution in [0.2, 0.25) is 0 Å². The standard InChI is InChI=1S/C13H18ClFN2O/c1-13(18-2)5-3-7-17(9-13)12-11(15)10(8-14)4-6-16-12/h4,6H,3,5,7-9H2,1-2H3. The topological polar surface area (TPSA) is 25.4 Å². The molecular formula is C13H18ClFN2O. The summed E-state index contributed by atoms with van der Waals surface area (Å²) < 4.78 is 19.7. The second-order valence-electron chi connectivity index (χ2n) is 4.92. The molecule has 0 spiro atoms. The highest BCUT2D eigenvalue weighted by atomic mass is 35.5. The number of rotatable bonds is 3. The zero-order chi connectivity index (χ0) is 13.2. The lowest BCUT2D eigenvalue weighted by molar-refractivity contribution is -0.00494. The van der Waals surface area contributed by atoms with Crippen LogP contribution in [0, 0.1) is 5.82 Å². The number of pyridine rings is 1. The van der Waals surface area contributed by atoms with Crippen LogP contribution in [0.3, 0.4) is 0 Å². The summed E-state index contributed by atoms with van der Waals surface area (Å²) in [5, 5.41) is 0. The Kier molecular flexibility index (Phi) is 4.07. The van der Waals surface area contributed by atoms with Crippen LogP contribution in [0.4, 0.5) is 10.2 Å². The first-order valence-electron chi connectivity index (χ1n) is 6.09. The Morgan fingerprint density at radius 1 is 1.61 bits per heavy atom. The largest absolute Gasteiger partial charge is 0.377 e. The van der Waals surface area contributed by atoms with Crippen LogP contribution >= 0.6 is 11.6 Å². The van der Waals surface area contributed by atoms with E-state index in [1.165, 1.54) is 0 Å². The van der Waals surface area contributed by atoms with Crippen LogP contribution in [0.1, 0.15) is 25.3 Å². The number of ether oxygens (including phenoxy) is 1. The third-order valence-corrected chi connectivity index (χ3v) is 3.83. The Balaban J connectivity index is 2.26. The Bertz CT molecular complexity index is 429. The van der Waals surface area contributed by atoms with E-state index >= 15 is 0 Å². The van der Waals surface area contributed by atoms with Crippen LogP contribution in [0.5, 0.6) is 0 Å². The van der Waals surface area contributed by atoms with Gasteiger partial charge in [0.05, 0.1) is 11.5 Å². The van der Waals surface area contributed by atoms with Gasteiger partial charge in [0, 0.05) is 32.0 Å². The number of anilines is 1. The molecule has 1 aromatic heterocycles. The van der Waals surface area contributed by atoms with Crippen LogP contribution in [0.25, 0.3) is 0 Å². The molecule has 1 aromatic rings. The maximum atomic E-state index is 14.2. The molecule has 0 amide bonds. The molecule has 3 nitrogen and oxygen atoms in total. The van der Waals surface area contributed by atoms with Crippen molar-refractivity contribution in [2.75, 3.05) is 25.1 Å². The average Bonchev–Trinajstić information content (AvgIpc) is 2.39. The van der Waals surface area contributed by atoms with E-state index in [1.54, 1.807) is 19.4 Å². The van der Waals surface area contributed by atoms with E-state index in [0.29, 0.717) is 17.9 Å². The monoisotopic (exact) mass is 272 g/mol. The van der Waals surface area contributed by atoms with Gasteiger partial charge in [-0.1, -0.05) is 0 Å². The van der Waals surface area contributed by atoms with Gasteiger partial charge in [0.25, 0.3) is 0 Å². The van der Waals surface area contributed by atoms with Crippen molar-refractivity contribution in [2.45, 2.75) is 31.2 Å². The summed E-state index contributed by atoms with van der Waals surface area (Å²) in [6, 6.07) is 1.62. The molecule has 18 heavy (non-hydrogen) atoms. The third-order valence-electron chi connectivity index (χ3n) is 3.55. The molecule has 100 valence electrons. The van der Waals surface area contributed by atoms with Crippen molar-refractivity contribution >= 4 is 17.4 Å².